The van der Waals surface area contributed by atoms with Crippen LogP contribution < -0.4 is 20.1 Å². The van der Waals surface area contributed by atoms with Crippen molar-refractivity contribution >= 4 is 38.2 Å². The number of pyridine rings is 1. The second-order valence-electron chi connectivity index (χ2n) is 9.72. The molecule has 1 aliphatic heterocycles. The predicted octanol–water partition coefficient (Wildman–Crippen LogP) is 4.87. The summed E-state index contributed by atoms with van der Waals surface area (Å²) in [5, 5.41) is 0.597. The number of hydrogen-bond donors (Lipinski definition) is 2. The second-order valence-corrected chi connectivity index (χ2v) is 11.4. The van der Waals surface area contributed by atoms with Gasteiger partial charge in [-0.2, -0.15) is 0 Å². The zero-order valence-corrected chi connectivity index (χ0v) is 23.7. The molecule has 220 valence electrons. The summed E-state index contributed by atoms with van der Waals surface area (Å²) in [6.07, 6.45) is 1.59. The van der Waals surface area contributed by atoms with Gasteiger partial charge in [0, 0.05) is 35.8 Å². The summed E-state index contributed by atoms with van der Waals surface area (Å²) in [7, 11) is -2.93. The van der Waals surface area contributed by atoms with Crippen LogP contribution in [0.2, 0.25) is 0 Å². The van der Waals surface area contributed by atoms with Crippen molar-refractivity contribution < 1.29 is 26.7 Å². The van der Waals surface area contributed by atoms with Crippen LogP contribution in [0, 0.1) is 11.6 Å². The number of benzene rings is 3. The molecular weight excluding hydrogens is 578 g/mol. The van der Waals surface area contributed by atoms with Crippen molar-refractivity contribution in [2.75, 3.05) is 48.8 Å². The predicted molar refractivity (Wildman–Crippen MR) is 159 cm³/mol. The molecule has 2 aromatic heterocycles. The highest BCUT2D eigenvalue weighted by Gasteiger charge is 2.24. The van der Waals surface area contributed by atoms with E-state index in [1.807, 2.05) is 0 Å². The van der Waals surface area contributed by atoms with Crippen LogP contribution in [0.3, 0.4) is 0 Å². The number of aromatic nitrogens is 3. The number of nitrogen functional groups attached to an aromatic ring is 1. The maximum absolute atomic E-state index is 16.0. The third kappa shape index (κ3) is 5.51. The van der Waals surface area contributed by atoms with Gasteiger partial charge in [0.15, 0.2) is 11.6 Å². The summed E-state index contributed by atoms with van der Waals surface area (Å²) in [4.78, 5) is 15.3. The van der Waals surface area contributed by atoms with Gasteiger partial charge in [0.05, 0.1) is 26.0 Å². The Hall–Kier alpha value is -4.88. The average Bonchev–Trinajstić information content (AvgIpc) is 3.02. The lowest BCUT2D eigenvalue weighted by molar-refractivity contribution is 0.122. The number of nitrogens with zero attached hydrogens (tertiary/aromatic N) is 4. The topological polar surface area (TPSA) is 133 Å². The van der Waals surface area contributed by atoms with E-state index in [-0.39, 0.29) is 11.3 Å². The van der Waals surface area contributed by atoms with Gasteiger partial charge >= 0.3 is 0 Å². The van der Waals surface area contributed by atoms with Crippen LogP contribution in [0.15, 0.2) is 77.8 Å². The Balaban J connectivity index is 1.49. The van der Waals surface area contributed by atoms with Gasteiger partial charge < -0.3 is 20.1 Å². The van der Waals surface area contributed by atoms with Gasteiger partial charge in [-0.15, -0.1) is 0 Å². The first kappa shape index (κ1) is 28.2. The summed E-state index contributed by atoms with van der Waals surface area (Å²) in [5.74, 6) is -0.0791. The molecule has 0 aliphatic carbocycles. The molecule has 1 saturated heterocycles. The largest absolute Gasteiger partial charge is 0.494 e. The fourth-order valence-electron chi connectivity index (χ4n) is 4.88. The van der Waals surface area contributed by atoms with Crippen molar-refractivity contribution in [3.8, 4) is 28.3 Å². The van der Waals surface area contributed by atoms with E-state index in [4.69, 9.17) is 25.2 Å². The van der Waals surface area contributed by atoms with Crippen molar-refractivity contribution in [3.63, 3.8) is 0 Å². The van der Waals surface area contributed by atoms with E-state index in [0.717, 1.165) is 12.1 Å². The molecule has 43 heavy (non-hydrogen) atoms. The quantitative estimate of drug-likeness (QED) is 0.267. The van der Waals surface area contributed by atoms with Crippen LogP contribution in [-0.2, 0) is 14.8 Å². The Labute approximate surface area is 246 Å². The lowest BCUT2D eigenvalue weighted by Gasteiger charge is -2.29. The Morgan fingerprint density at radius 2 is 1.77 bits per heavy atom. The molecule has 1 fully saturated rings. The van der Waals surface area contributed by atoms with Crippen molar-refractivity contribution in [3.05, 3.63) is 84.6 Å². The minimum Gasteiger partial charge on any atom is -0.494 e. The van der Waals surface area contributed by atoms with Crippen molar-refractivity contribution in [2.24, 2.45) is 0 Å². The summed E-state index contributed by atoms with van der Waals surface area (Å²) in [5.41, 5.74) is 7.07. The number of sulfonamides is 1. The molecule has 13 heteroatoms. The number of hydrogen-bond acceptors (Lipinski definition) is 9. The first-order valence-electron chi connectivity index (χ1n) is 13.3. The SMILES string of the molecule is COc1cc(-c2cccc(NS(=O)(=O)c3ccccc3F)c2F)cc2c(N3CCOCC3)nc(-c3ccc(N)nc3)nc12. The lowest BCUT2D eigenvalue weighted by Crippen LogP contribution is -2.37. The summed E-state index contributed by atoms with van der Waals surface area (Å²) in [6.45, 7) is 2.14. The molecule has 0 bridgehead atoms. The molecule has 3 heterocycles. The number of methoxy groups -OCH3 is 1. The van der Waals surface area contributed by atoms with Crippen molar-refractivity contribution in [1.82, 2.24) is 15.0 Å². The lowest BCUT2D eigenvalue weighted by atomic mass is 10.0. The van der Waals surface area contributed by atoms with E-state index < -0.39 is 26.6 Å². The molecule has 0 radical (unpaired) electrons. The van der Waals surface area contributed by atoms with Gasteiger partial charge in [-0.1, -0.05) is 24.3 Å². The van der Waals surface area contributed by atoms with Crippen molar-refractivity contribution in [2.45, 2.75) is 4.90 Å². The number of fused-ring (bicyclic) bond motifs is 1. The molecule has 3 aromatic carbocycles. The average molecular weight is 605 g/mol. The zero-order chi connectivity index (χ0) is 30.1. The molecule has 5 aromatic rings. The highest BCUT2D eigenvalue weighted by atomic mass is 32.2. The molecule has 3 N–H and O–H groups in total. The Kier molecular flexibility index (Phi) is 7.50. The minimum absolute atomic E-state index is 0.0914. The summed E-state index contributed by atoms with van der Waals surface area (Å²) >= 11 is 0. The van der Waals surface area contributed by atoms with Crippen LogP contribution >= 0.6 is 0 Å². The Morgan fingerprint density at radius 1 is 0.977 bits per heavy atom. The van der Waals surface area contributed by atoms with Crippen LogP contribution in [0.5, 0.6) is 5.75 Å². The van der Waals surface area contributed by atoms with Crippen LogP contribution in [0.4, 0.5) is 26.1 Å². The highest BCUT2D eigenvalue weighted by molar-refractivity contribution is 7.92. The highest BCUT2D eigenvalue weighted by Crippen LogP contribution is 2.39. The van der Waals surface area contributed by atoms with E-state index in [0.29, 0.717) is 71.5 Å². The Bertz CT molecular complexity index is 1930. The molecule has 0 amide bonds. The number of nitrogens with one attached hydrogen (secondary N) is 1. The van der Waals surface area contributed by atoms with E-state index in [2.05, 4.69) is 14.6 Å². The first-order valence-corrected chi connectivity index (χ1v) is 14.7. The maximum Gasteiger partial charge on any atom is 0.264 e. The molecule has 0 unspecified atom stereocenters. The van der Waals surface area contributed by atoms with E-state index in [9.17, 15) is 12.8 Å². The molecule has 6 rings (SSSR count). The van der Waals surface area contributed by atoms with Gasteiger partial charge in [0.25, 0.3) is 10.0 Å². The molecule has 0 atom stereocenters. The smallest absolute Gasteiger partial charge is 0.264 e. The number of halogens is 2. The molecule has 10 nitrogen and oxygen atoms in total. The van der Waals surface area contributed by atoms with Crippen LogP contribution in [0.1, 0.15) is 0 Å². The standard InChI is InChI=1S/C30H26F2N6O4S/c1-41-24-16-19(20-5-4-7-23(27(20)32)37-43(39,40)25-8-3-2-6-22(25)31)15-21-28(24)35-29(18-9-10-26(33)34-17-18)36-30(21)38-11-13-42-14-12-38/h2-10,15-17,37H,11-14H2,1H3,(H2,33,34). The van der Waals surface area contributed by atoms with Gasteiger partial charge in [-0.3, -0.25) is 4.72 Å². The number of rotatable bonds is 7. The summed E-state index contributed by atoms with van der Waals surface area (Å²) < 4.78 is 69.5. The number of ether oxygens (including phenoxy) is 2. The van der Waals surface area contributed by atoms with Crippen LogP contribution in [-0.4, -0.2) is 56.8 Å². The maximum atomic E-state index is 16.0. The second kappa shape index (κ2) is 11.4. The van der Waals surface area contributed by atoms with Crippen molar-refractivity contribution in [1.29, 1.82) is 0 Å². The minimum atomic E-state index is -4.41. The fourth-order valence-corrected chi connectivity index (χ4v) is 6.01. The molecule has 1 aliphatic rings. The Morgan fingerprint density at radius 3 is 2.49 bits per heavy atom. The van der Waals surface area contributed by atoms with Gasteiger partial charge in [-0.05, 0) is 48.0 Å². The zero-order valence-electron chi connectivity index (χ0n) is 22.9. The summed E-state index contributed by atoms with van der Waals surface area (Å²) in [6, 6.07) is 16.0. The first-order chi connectivity index (χ1) is 20.7. The molecule has 0 saturated carbocycles. The van der Waals surface area contributed by atoms with E-state index in [1.165, 1.54) is 37.4 Å². The number of morpholine rings is 1. The molecule has 0 spiro atoms. The van der Waals surface area contributed by atoms with Gasteiger partial charge in [-0.25, -0.2) is 32.2 Å². The van der Waals surface area contributed by atoms with E-state index >= 15 is 4.39 Å². The number of nitrogens with two attached hydrogens (primary N) is 1. The normalized spacial score (nSPS) is 13.7. The van der Waals surface area contributed by atoms with Crippen LogP contribution in [0.25, 0.3) is 33.4 Å². The van der Waals surface area contributed by atoms with Gasteiger partial charge in [0.2, 0.25) is 0 Å². The third-order valence-electron chi connectivity index (χ3n) is 7.00. The number of anilines is 3. The fraction of sp³-hybridized carbons (Fsp3) is 0.167. The van der Waals surface area contributed by atoms with E-state index in [1.54, 1.807) is 30.5 Å². The van der Waals surface area contributed by atoms with Gasteiger partial charge in [0.1, 0.15) is 33.6 Å². The third-order valence-corrected chi connectivity index (χ3v) is 8.40. The monoisotopic (exact) mass is 604 g/mol. The molecular formula is C30H26F2N6O4S.